The summed E-state index contributed by atoms with van der Waals surface area (Å²) in [6, 6.07) is 10.6. The lowest BCUT2D eigenvalue weighted by molar-refractivity contribution is -0.0959. The number of hydrazine groups is 2. The van der Waals surface area contributed by atoms with E-state index in [0.29, 0.717) is 22.0 Å². The van der Waals surface area contributed by atoms with Gasteiger partial charge < -0.3 is 9.99 Å². The molecule has 0 fully saturated rings. The van der Waals surface area contributed by atoms with Crippen LogP contribution in [0.4, 0.5) is 13.2 Å². The van der Waals surface area contributed by atoms with Gasteiger partial charge in [-0.2, -0.15) is 13.2 Å². The second-order valence-electron chi connectivity index (χ2n) is 6.70. The maximum atomic E-state index is 13.2. The molecule has 0 radical (unpaired) electrons. The topological polar surface area (TPSA) is 66.8 Å². The van der Waals surface area contributed by atoms with Gasteiger partial charge in [-0.25, -0.2) is 4.98 Å². The minimum absolute atomic E-state index is 0.0208. The summed E-state index contributed by atoms with van der Waals surface area (Å²) in [5.74, 6) is 0. The van der Waals surface area contributed by atoms with Gasteiger partial charge in [0.15, 0.2) is 5.70 Å². The number of allylic oxidation sites excluding steroid dienone is 1. The lowest BCUT2D eigenvalue weighted by atomic mass is 10.0. The Kier molecular flexibility index (Phi) is 5.40. The summed E-state index contributed by atoms with van der Waals surface area (Å²) in [5.41, 5.74) is 8.20. The van der Waals surface area contributed by atoms with Crippen LogP contribution < -0.4 is 16.4 Å². The van der Waals surface area contributed by atoms with Crippen LogP contribution in [0.5, 0.6) is 0 Å². The van der Waals surface area contributed by atoms with Crippen LogP contribution in [0.25, 0.3) is 17.1 Å². The molecule has 1 aliphatic rings. The van der Waals surface area contributed by atoms with E-state index in [1.807, 2.05) is 42.0 Å². The van der Waals surface area contributed by atoms with Gasteiger partial charge in [-0.15, -0.1) is 5.53 Å². The first-order valence-corrected chi connectivity index (χ1v) is 9.59. The first-order valence-electron chi connectivity index (χ1n) is 9.21. The molecule has 6 nitrogen and oxygen atoms in total. The number of pyridine rings is 1. The number of rotatable bonds is 5. The molecule has 2 aromatic heterocycles. The predicted molar refractivity (Wildman–Crippen MR) is 108 cm³/mol. The molecule has 30 heavy (non-hydrogen) atoms. The van der Waals surface area contributed by atoms with Crippen molar-refractivity contribution in [2.75, 3.05) is 0 Å². The van der Waals surface area contributed by atoms with Crippen LogP contribution in [0.1, 0.15) is 30.5 Å². The molecule has 0 aliphatic carbocycles. The summed E-state index contributed by atoms with van der Waals surface area (Å²) in [6.07, 6.45) is 1.21. The molecule has 3 aromatic rings. The van der Waals surface area contributed by atoms with E-state index >= 15 is 0 Å². The van der Waals surface area contributed by atoms with E-state index in [2.05, 4.69) is 26.4 Å². The van der Waals surface area contributed by atoms with Gasteiger partial charge in [0.25, 0.3) is 0 Å². The lowest BCUT2D eigenvalue weighted by Gasteiger charge is -2.18. The fourth-order valence-electron chi connectivity index (χ4n) is 3.41. The average Bonchev–Trinajstić information content (AvgIpc) is 3.40. The van der Waals surface area contributed by atoms with Crippen molar-refractivity contribution in [1.29, 1.82) is 0 Å². The quantitative estimate of drug-likeness (QED) is 0.554. The maximum absolute atomic E-state index is 13.2. The van der Waals surface area contributed by atoms with Crippen molar-refractivity contribution in [3.8, 4) is 11.4 Å². The summed E-state index contributed by atoms with van der Waals surface area (Å²) in [6.45, 7) is 2.05. The second kappa shape index (κ2) is 8.00. The van der Waals surface area contributed by atoms with E-state index in [4.69, 9.17) is 11.6 Å². The van der Waals surface area contributed by atoms with Crippen LogP contribution in [-0.4, -0.2) is 20.7 Å². The number of nitrogens with one attached hydrogen (secondary N) is 3. The number of imidazole rings is 1. The van der Waals surface area contributed by atoms with Crippen molar-refractivity contribution < 1.29 is 13.2 Å². The summed E-state index contributed by atoms with van der Waals surface area (Å²) in [4.78, 5) is 8.70. The van der Waals surface area contributed by atoms with Crippen LogP contribution in [0.2, 0.25) is 5.02 Å². The third-order valence-electron chi connectivity index (χ3n) is 4.83. The van der Waals surface area contributed by atoms with E-state index < -0.39 is 11.9 Å². The van der Waals surface area contributed by atoms with Crippen LogP contribution in [0.15, 0.2) is 60.8 Å². The Morgan fingerprint density at radius 3 is 2.63 bits per heavy atom. The molecule has 1 aliphatic heterocycles. The van der Waals surface area contributed by atoms with Crippen molar-refractivity contribution >= 4 is 17.3 Å². The van der Waals surface area contributed by atoms with Crippen LogP contribution in [0, 0.1) is 0 Å². The SMILES string of the molecule is CCC(c1ccccc1Cl)n1cnc(-c2cc(C3=C(C(F)(F)F)NNN3)ccn2)c1. The minimum Gasteiger partial charge on any atom is -0.329 e. The summed E-state index contributed by atoms with van der Waals surface area (Å²) >= 11 is 6.35. The molecule has 0 saturated carbocycles. The number of aromatic nitrogens is 3. The molecule has 0 spiro atoms. The van der Waals surface area contributed by atoms with Gasteiger partial charge in [-0.1, -0.05) is 36.7 Å². The first-order chi connectivity index (χ1) is 14.4. The molecule has 10 heteroatoms. The van der Waals surface area contributed by atoms with E-state index in [9.17, 15) is 13.2 Å². The Labute approximate surface area is 175 Å². The van der Waals surface area contributed by atoms with Gasteiger partial charge in [0.2, 0.25) is 0 Å². The molecule has 1 unspecified atom stereocenters. The van der Waals surface area contributed by atoms with Gasteiger partial charge in [0.1, 0.15) is 5.69 Å². The van der Waals surface area contributed by atoms with Gasteiger partial charge >= 0.3 is 6.18 Å². The van der Waals surface area contributed by atoms with Gasteiger partial charge in [-0.3, -0.25) is 10.4 Å². The summed E-state index contributed by atoms with van der Waals surface area (Å²) in [5, 5.41) is 0.665. The number of alkyl halides is 3. The molecule has 3 N–H and O–H groups in total. The number of hydrogen-bond donors (Lipinski definition) is 3. The molecule has 1 atom stereocenters. The zero-order chi connectivity index (χ0) is 21.3. The molecule has 0 bridgehead atoms. The van der Waals surface area contributed by atoms with E-state index in [1.54, 1.807) is 12.4 Å². The Morgan fingerprint density at radius 2 is 1.90 bits per heavy atom. The fourth-order valence-corrected chi connectivity index (χ4v) is 3.67. The largest absolute Gasteiger partial charge is 0.434 e. The predicted octanol–water partition coefficient (Wildman–Crippen LogP) is 4.44. The number of benzene rings is 1. The van der Waals surface area contributed by atoms with Crippen molar-refractivity contribution in [2.45, 2.75) is 25.6 Å². The highest BCUT2D eigenvalue weighted by Crippen LogP contribution is 2.32. The van der Waals surface area contributed by atoms with E-state index in [0.717, 1.165) is 12.0 Å². The zero-order valence-electron chi connectivity index (χ0n) is 15.8. The Morgan fingerprint density at radius 1 is 1.10 bits per heavy atom. The monoisotopic (exact) mass is 434 g/mol. The third kappa shape index (κ3) is 3.86. The van der Waals surface area contributed by atoms with Crippen molar-refractivity contribution in [3.05, 3.63) is 77.0 Å². The molecular weight excluding hydrogens is 417 g/mol. The number of halogens is 4. The molecular formula is C20H18ClF3N6. The minimum atomic E-state index is -4.53. The highest BCUT2D eigenvalue weighted by Gasteiger charge is 2.39. The zero-order valence-corrected chi connectivity index (χ0v) is 16.6. The van der Waals surface area contributed by atoms with Crippen molar-refractivity contribution in [1.82, 2.24) is 30.9 Å². The lowest BCUT2D eigenvalue weighted by Crippen LogP contribution is -2.35. The highest BCUT2D eigenvalue weighted by molar-refractivity contribution is 6.31. The van der Waals surface area contributed by atoms with Crippen LogP contribution >= 0.6 is 11.6 Å². The Hall–Kier alpha value is -3.04. The van der Waals surface area contributed by atoms with Crippen LogP contribution in [-0.2, 0) is 0 Å². The van der Waals surface area contributed by atoms with Crippen LogP contribution in [0.3, 0.4) is 0 Å². The fraction of sp³-hybridized carbons (Fsp3) is 0.200. The summed E-state index contributed by atoms with van der Waals surface area (Å²) < 4.78 is 41.5. The number of hydrogen-bond acceptors (Lipinski definition) is 5. The maximum Gasteiger partial charge on any atom is 0.434 e. The average molecular weight is 435 g/mol. The molecule has 0 saturated heterocycles. The van der Waals surface area contributed by atoms with Gasteiger partial charge in [0, 0.05) is 23.0 Å². The van der Waals surface area contributed by atoms with E-state index in [-0.39, 0.29) is 11.7 Å². The normalized spacial score (nSPS) is 15.1. The second-order valence-corrected chi connectivity index (χ2v) is 7.11. The molecule has 156 valence electrons. The molecule has 4 rings (SSSR count). The van der Waals surface area contributed by atoms with E-state index in [1.165, 1.54) is 12.3 Å². The van der Waals surface area contributed by atoms with Gasteiger partial charge in [0.05, 0.1) is 23.8 Å². The van der Waals surface area contributed by atoms with Crippen molar-refractivity contribution in [2.24, 2.45) is 0 Å². The highest BCUT2D eigenvalue weighted by atomic mass is 35.5. The first kappa shape index (κ1) is 20.2. The van der Waals surface area contributed by atoms with Crippen molar-refractivity contribution in [3.63, 3.8) is 0 Å². The Bertz CT molecular complexity index is 1090. The molecule has 3 heterocycles. The standard InChI is InChI=1S/C20H18ClF3N6/c1-2-17(13-5-3-4-6-14(13)21)30-10-16(26-11-30)15-9-12(7-8-25-15)18-19(20(22,23)24)28-29-27-18/h3-11,17,27-29H,2H2,1H3. The Balaban J connectivity index is 1.68. The van der Waals surface area contributed by atoms with Gasteiger partial charge in [-0.05, 0) is 30.2 Å². The molecule has 0 amide bonds. The smallest absolute Gasteiger partial charge is 0.329 e. The molecule has 1 aromatic carbocycles. The third-order valence-corrected chi connectivity index (χ3v) is 5.18. The number of nitrogens with zero attached hydrogens (tertiary/aromatic N) is 3. The summed E-state index contributed by atoms with van der Waals surface area (Å²) in [7, 11) is 0.